The van der Waals surface area contributed by atoms with Gasteiger partial charge in [0.05, 0.1) is 5.66 Å². The van der Waals surface area contributed by atoms with Gasteiger partial charge in [0.15, 0.2) is 8.46 Å². The first-order chi connectivity index (χ1) is 8.40. The van der Waals surface area contributed by atoms with E-state index in [9.17, 15) is 4.57 Å². The molecule has 1 atom stereocenters. The molecule has 0 aliphatic rings. The zero-order valence-electron chi connectivity index (χ0n) is 9.36. The molecule has 0 fully saturated rings. The molecule has 84 valence electrons. The highest BCUT2D eigenvalue weighted by Crippen LogP contribution is 2.28. The fourth-order valence-corrected chi connectivity index (χ4v) is 2.07. The van der Waals surface area contributed by atoms with Crippen molar-refractivity contribution < 1.29 is 4.57 Å². The Morgan fingerprint density at radius 3 is 2.06 bits per heavy atom. The Morgan fingerprint density at radius 1 is 0.882 bits per heavy atom. The van der Waals surface area contributed by atoms with Crippen LogP contribution in [0.2, 0.25) is 0 Å². The Kier molecular flexibility index (Phi) is 4.23. The highest BCUT2D eigenvalue weighted by atomic mass is 31.1. The lowest BCUT2D eigenvalue weighted by Gasteiger charge is -2.03. The number of rotatable bonds is 4. The molecule has 0 saturated heterocycles. The SMILES string of the molecule is O=PC(C=Cc1ccccc1)c1ccccc1. The van der Waals surface area contributed by atoms with Gasteiger partial charge in [-0.05, 0) is 11.1 Å². The lowest BCUT2D eigenvalue weighted by atomic mass is 10.1. The van der Waals surface area contributed by atoms with Crippen LogP contribution in [0.1, 0.15) is 16.8 Å². The molecule has 0 aromatic heterocycles. The van der Waals surface area contributed by atoms with Crippen molar-refractivity contribution in [2.24, 2.45) is 0 Å². The van der Waals surface area contributed by atoms with E-state index in [1.165, 1.54) is 0 Å². The molecule has 0 N–H and O–H groups in total. The molecule has 17 heavy (non-hydrogen) atoms. The summed E-state index contributed by atoms with van der Waals surface area (Å²) < 4.78 is 11.2. The maximum Gasteiger partial charge on any atom is 0.167 e. The average molecular weight is 240 g/mol. The molecule has 1 unspecified atom stereocenters. The molecule has 0 bridgehead atoms. The minimum atomic E-state index is -0.0728. The zero-order chi connectivity index (χ0) is 11.9. The van der Waals surface area contributed by atoms with Crippen LogP contribution in [0.15, 0.2) is 66.7 Å². The van der Waals surface area contributed by atoms with Gasteiger partial charge in [0.1, 0.15) is 0 Å². The van der Waals surface area contributed by atoms with Crippen LogP contribution >= 0.6 is 8.46 Å². The first kappa shape index (κ1) is 11.8. The largest absolute Gasteiger partial charge is 0.274 e. The van der Waals surface area contributed by atoms with Gasteiger partial charge in [0, 0.05) is 0 Å². The second-order valence-corrected chi connectivity index (χ2v) is 4.50. The fourth-order valence-electron chi connectivity index (χ4n) is 1.62. The third-order valence-electron chi connectivity index (χ3n) is 2.53. The van der Waals surface area contributed by atoms with Gasteiger partial charge in [-0.2, -0.15) is 0 Å². The van der Waals surface area contributed by atoms with E-state index in [4.69, 9.17) is 0 Å². The third kappa shape index (κ3) is 3.37. The summed E-state index contributed by atoms with van der Waals surface area (Å²) in [6.45, 7) is 0. The number of hydrogen-bond donors (Lipinski definition) is 0. The summed E-state index contributed by atoms with van der Waals surface area (Å²) in [6.07, 6.45) is 3.97. The van der Waals surface area contributed by atoms with Gasteiger partial charge in [-0.3, -0.25) is 4.57 Å². The molecule has 0 radical (unpaired) electrons. The first-order valence-corrected chi connectivity index (χ1v) is 6.39. The maximum atomic E-state index is 11.2. The topological polar surface area (TPSA) is 17.1 Å². The van der Waals surface area contributed by atoms with Crippen molar-refractivity contribution in [3.8, 4) is 0 Å². The van der Waals surface area contributed by atoms with Crippen molar-refractivity contribution in [2.75, 3.05) is 0 Å². The molecule has 2 aromatic rings. The second kappa shape index (κ2) is 6.12. The Balaban J connectivity index is 2.16. The van der Waals surface area contributed by atoms with Gasteiger partial charge in [0.2, 0.25) is 0 Å². The van der Waals surface area contributed by atoms with Crippen LogP contribution in [0.5, 0.6) is 0 Å². The summed E-state index contributed by atoms with van der Waals surface area (Å²) in [7, 11) is 0.123. The minimum absolute atomic E-state index is 0.0728. The molecule has 1 nitrogen and oxygen atoms in total. The van der Waals surface area contributed by atoms with Crippen molar-refractivity contribution in [1.82, 2.24) is 0 Å². The highest BCUT2D eigenvalue weighted by Gasteiger charge is 2.05. The zero-order valence-corrected chi connectivity index (χ0v) is 10.3. The number of allylic oxidation sites excluding steroid dienone is 1. The summed E-state index contributed by atoms with van der Waals surface area (Å²) in [5.74, 6) is 0. The molecule has 2 rings (SSSR count). The van der Waals surface area contributed by atoms with Crippen molar-refractivity contribution in [1.29, 1.82) is 0 Å². The molecule has 0 spiro atoms. The predicted octanol–water partition coefficient (Wildman–Crippen LogP) is 4.73. The van der Waals surface area contributed by atoms with Gasteiger partial charge < -0.3 is 0 Å². The fraction of sp³-hybridized carbons (Fsp3) is 0.0667. The molecule has 0 saturated carbocycles. The van der Waals surface area contributed by atoms with Crippen LogP contribution in [0.25, 0.3) is 6.08 Å². The number of hydrogen-bond acceptors (Lipinski definition) is 1. The van der Waals surface area contributed by atoms with Crippen LogP contribution in [-0.4, -0.2) is 0 Å². The smallest absolute Gasteiger partial charge is 0.167 e. The Morgan fingerprint density at radius 2 is 1.47 bits per heavy atom. The van der Waals surface area contributed by atoms with Crippen LogP contribution in [0, 0.1) is 0 Å². The van der Waals surface area contributed by atoms with Crippen LogP contribution in [0.3, 0.4) is 0 Å². The molecule has 2 heteroatoms. The standard InChI is InChI=1S/C15H13OP/c16-17-15(14-9-5-2-6-10-14)12-11-13-7-3-1-4-8-13/h1-12,15H. The molecular weight excluding hydrogens is 227 g/mol. The summed E-state index contributed by atoms with van der Waals surface area (Å²) in [5.41, 5.74) is 2.12. The van der Waals surface area contributed by atoms with E-state index < -0.39 is 0 Å². The monoisotopic (exact) mass is 240 g/mol. The first-order valence-electron chi connectivity index (χ1n) is 5.51. The highest BCUT2D eigenvalue weighted by molar-refractivity contribution is 7.24. The van der Waals surface area contributed by atoms with Gasteiger partial charge in [-0.1, -0.05) is 72.8 Å². The second-order valence-electron chi connectivity index (χ2n) is 3.73. The van der Waals surface area contributed by atoms with Crippen LogP contribution < -0.4 is 0 Å². The van der Waals surface area contributed by atoms with Gasteiger partial charge in [-0.15, -0.1) is 0 Å². The summed E-state index contributed by atoms with van der Waals surface area (Å²) in [5, 5.41) is 0. The van der Waals surface area contributed by atoms with E-state index in [1.54, 1.807) is 0 Å². The quantitative estimate of drug-likeness (QED) is 0.706. The normalized spacial score (nSPS) is 12.9. The molecule has 0 aliphatic carbocycles. The van der Waals surface area contributed by atoms with E-state index >= 15 is 0 Å². The Hall–Kier alpha value is -1.72. The molecule has 0 amide bonds. The Bertz CT molecular complexity index is 491. The van der Waals surface area contributed by atoms with Crippen molar-refractivity contribution in [2.45, 2.75) is 5.66 Å². The van der Waals surface area contributed by atoms with Gasteiger partial charge >= 0.3 is 0 Å². The summed E-state index contributed by atoms with van der Waals surface area (Å²) in [6, 6.07) is 19.9. The Labute approximate surface area is 103 Å². The molecule has 2 aromatic carbocycles. The van der Waals surface area contributed by atoms with Crippen molar-refractivity contribution >= 4 is 14.5 Å². The molecule has 0 aliphatic heterocycles. The van der Waals surface area contributed by atoms with Gasteiger partial charge in [-0.25, -0.2) is 0 Å². The van der Waals surface area contributed by atoms with Crippen molar-refractivity contribution in [3.63, 3.8) is 0 Å². The number of benzene rings is 2. The average Bonchev–Trinajstić information content (AvgIpc) is 2.42. The van der Waals surface area contributed by atoms with Crippen LogP contribution in [0.4, 0.5) is 0 Å². The summed E-state index contributed by atoms with van der Waals surface area (Å²) >= 11 is 0. The van der Waals surface area contributed by atoms with E-state index in [-0.39, 0.29) is 14.1 Å². The molecule has 0 heterocycles. The molecular formula is C15H13OP. The van der Waals surface area contributed by atoms with E-state index in [0.29, 0.717) is 0 Å². The van der Waals surface area contributed by atoms with Gasteiger partial charge in [0.25, 0.3) is 0 Å². The van der Waals surface area contributed by atoms with E-state index in [1.807, 2.05) is 72.8 Å². The van der Waals surface area contributed by atoms with E-state index in [2.05, 4.69) is 0 Å². The summed E-state index contributed by atoms with van der Waals surface area (Å²) in [4.78, 5) is 0. The lowest BCUT2D eigenvalue weighted by molar-refractivity contribution is 0.596. The predicted molar refractivity (Wildman–Crippen MR) is 72.3 cm³/mol. The van der Waals surface area contributed by atoms with Crippen LogP contribution in [-0.2, 0) is 4.57 Å². The third-order valence-corrected chi connectivity index (χ3v) is 3.22. The van der Waals surface area contributed by atoms with Crippen molar-refractivity contribution in [3.05, 3.63) is 77.9 Å². The maximum absolute atomic E-state index is 11.2. The minimum Gasteiger partial charge on any atom is -0.274 e. The van der Waals surface area contributed by atoms with E-state index in [0.717, 1.165) is 11.1 Å². The lowest BCUT2D eigenvalue weighted by Crippen LogP contribution is -1.84.